The van der Waals surface area contributed by atoms with Crippen LogP contribution in [0.1, 0.15) is 95.4 Å². The van der Waals surface area contributed by atoms with Crippen molar-refractivity contribution in [3.8, 4) is 5.75 Å². The summed E-state index contributed by atoms with van der Waals surface area (Å²) in [6, 6.07) is 14.4. The fraction of sp³-hybridized carbons (Fsp3) is 0.605. The van der Waals surface area contributed by atoms with E-state index in [1.807, 2.05) is 30.0 Å². The summed E-state index contributed by atoms with van der Waals surface area (Å²) in [6.45, 7) is 12.5. The number of ether oxygens (including phenoxy) is 3. The van der Waals surface area contributed by atoms with Gasteiger partial charge >= 0.3 is 12.1 Å². The van der Waals surface area contributed by atoms with Crippen LogP contribution in [-0.2, 0) is 26.2 Å². The number of halogens is 3. The molecule has 5 nitrogen and oxygen atoms in total. The predicted octanol–water partition coefficient (Wildman–Crippen LogP) is 9.06. The zero-order valence-corrected chi connectivity index (χ0v) is 28.7. The second kappa shape index (κ2) is 14.5. The maximum absolute atomic E-state index is 14.2. The van der Waals surface area contributed by atoms with Gasteiger partial charge in [-0.15, -0.1) is 0 Å². The van der Waals surface area contributed by atoms with E-state index in [-0.39, 0.29) is 29.4 Å². The molecule has 0 N–H and O–H groups in total. The number of benzene rings is 2. The van der Waals surface area contributed by atoms with Crippen molar-refractivity contribution in [2.75, 3.05) is 33.4 Å². The van der Waals surface area contributed by atoms with Crippen molar-refractivity contribution >= 4 is 11.5 Å². The number of methoxy groups -OCH3 is 1. The largest absolute Gasteiger partial charge is 0.497 e. The molecular weight excluding hydrogens is 591 g/mol. The Labute approximate surface area is 273 Å². The summed E-state index contributed by atoms with van der Waals surface area (Å²) in [5.74, 6) is 0.543. The predicted molar refractivity (Wildman–Crippen MR) is 177 cm³/mol. The molecule has 0 saturated carbocycles. The third kappa shape index (κ3) is 8.74. The molecule has 0 bridgehead atoms. The summed E-state index contributed by atoms with van der Waals surface area (Å²) in [5, 5.41) is 0. The zero-order valence-electron chi connectivity index (χ0n) is 28.7. The monoisotopic (exact) mass is 643 g/mol. The average Bonchev–Trinajstić information content (AvgIpc) is 2.99. The average molecular weight is 644 g/mol. The molecule has 2 aromatic rings. The summed E-state index contributed by atoms with van der Waals surface area (Å²) < 4.78 is 59.3. The maximum Gasteiger partial charge on any atom is 0.395 e. The summed E-state index contributed by atoms with van der Waals surface area (Å²) in [7, 11) is 1.64. The quantitative estimate of drug-likeness (QED) is 0.216. The van der Waals surface area contributed by atoms with Crippen LogP contribution in [0.15, 0.2) is 48.5 Å². The van der Waals surface area contributed by atoms with Crippen LogP contribution >= 0.6 is 0 Å². The van der Waals surface area contributed by atoms with Crippen molar-refractivity contribution in [1.82, 2.24) is 4.90 Å². The molecule has 4 rings (SSSR count). The Morgan fingerprint density at radius 1 is 1.11 bits per heavy atom. The van der Waals surface area contributed by atoms with E-state index < -0.39 is 11.6 Å². The highest BCUT2D eigenvalue weighted by atomic mass is 19.4. The summed E-state index contributed by atoms with van der Waals surface area (Å²) >= 11 is 0. The van der Waals surface area contributed by atoms with Gasteiger partial charge in [-0.25, -0.2) is 0 Å². The molecule has 1 heterocycles. The Hall–Kier alpha value is -2.84. The van der Waals surface area contributed by atoms with E-state index in [1.165, 1.54) is 25.0 Å². The zero-order chi connectivity index (χ0) is 33.8. The molecule has 0 spiro atoms. The van der Waals surface area contributed by atoms with Gasteiger partial charge in [0.25, 0.3) is 0 Å². The Morgan fingerprint density at radius 2 is 1.83 bits per heavy atom. The van der Waals surface area contributed by atoms with Crippen LogP contribution in [-0.4, -0.2) is 56.1 Å². The summed E-state index contributed by atoms with van der Waals surface area (Å²) in [4.78, 5) is 14.2. The molecular formula is C38H52F3NO4. The molecule has 1 aliphatic heterocycles. The Bertz CT molecular complexity index is 1360. The van der Waals surface area contributed by atoms with Gasteiger partial charge in [0.05, 0.1) is 30.7 Å². The first kappa shape index (κ1) is 36.0. The van der Waals surface area contributed by atoms with Crippen LogP contribution in [0.25, 0.3) is 5.57 Å². The van der Waals surface area contributed by atoms with Gasteiger partial charge in [0.15, 0.2) is 0 Å². The van der Waals surface area contributed by atoms with Gasteiger partial charge in [0, 0.05) is 25.1 Å². The second-order valence-corrected chi connectivity index (χ2v) is 14.5. The van der Waals surface area contributed by atoms with Crippen LogP contribution in [0, 0.1) is 18.3 Å². The number of rotatable bonds is 12. The number of hydrogen-bond donors (Lipinski definition) is 0. The van der Waals surface area contributed by atoms with Crippen molar-refractivity contribution in [3.05, 3.63) is 70.8 Å². The van der Waals surface area contributed by atoms with Crippen LogP contribution in [0.3, 0.4) is 0 Å². The Morgan fingerprint density at radius 3 is 2.39 bits per heavy atom. The van der Waals surface area contributed by atoms with E-state index in [0.717, 1.165) is 48.1 Å². The van der Waals surface area contributed by atoms with Gasteiger partial charge in [-0.3, -0.25) is 9.69 Å². The number of hydrogen-bond acceptors (Lipinski definition) is 5. The lowest BCUT2D eigenvalue weighted by Crippen LogP contribution is -2.47. The summed E-state index contributed by atoms with van der Waals surface area (Å²) in [5.41, 5.74) is 3.16. The molecule has 0 radical (unpaired) electrons. The van der Waals surface area contributed by atoms with Crippen molar-refractivity contribution < 1.29 is 32.2 Å². The molecule has 1 saturated heterocycles. The minimum atomic E-state index is -4.33. The minimum Gasteiger partial charge on any atom is -0.497 e. The highest BCUT2D eigenvalue weighted by Gasteiger charge is 2.48. The van der Waals surface area contributed by atoms with Crippen LogP contribution < -0.4 is 4.74 Å². The molecule has 1 fully saturated rings. The maximum atomic E-state index is 14.2. The fourth-order valence-electron chi connectivity index (χ4n) is 7.26. The molecule has 46 heavy (non-hydrogen) atoms. The minimum absolute atomic E-state index is 0.101. The summed E-state index contributed by atoms with van der Waals surface area (Å²) in [6.07, 6.45) is 2.32. The van der Waals surface area contributed by atoms with Crippen LogP contribution in [0.4, 0.5) is 13.2 Å². The van der Waals surface area contributed by atoms with E-state index >= 15 is 0 Å². The second-order valence-electron chi connectivity index (χ2n) is 14.5. The molecule has 0 amide bonds. The highest BCUT2D eigenvalue weighted by Crippen LogP contribution is 2.45. The highest BCUT2D eigenvalue weighted by molar-refractivity contribution is 5.76. The van der Waals surface area contributed by atoms with Gasteiger partial charge in [0.2, 0.25) is 0 Å². The van der Waals surface area contributed by atoms with Gasteiger partial charge in [-0.2, -0.15) is 13.2 Å². The van der Waals surface area contributed by atoms with Crippen molar-refractivity contribution in [2.24, 2.45) is 11.3 Å². The molecule has 8 heteroatoms. The van der Waals surface area contributed by atoms with E-state index in [1.54, 1.807) is 7.11 Å². The third-order valence-electron chi connectivity index (χ3n) is 9.91. The van der Waals surface area contributed by atoms with E-state index in [9.17, 15) is 18.0 Å². The molecule has 2 aliphatic rings. The molecule has 1 unspecified atom stereocenters. The Balaban J connectivity index is 1.57. The number of nitrogens with zero attached hydrogens (tertiary/aromatic N) is 1. The topological polar surface area (TPSA) is 48.0 Å². The SMILES string of the molecule is CCOC(=O)C1CC=C(c2ccc(CN(CC[C@@]3(c4ccc(OC)cc4)CCOC(C)(C)C3)CC(C)(C)C(F)(F)F)cc2C)CC1. The number of alkyl halides is 3. The van der Waals surface area contributed by atoms with Gasteiger partial charge in [-0.1, -0.05) is 36.4 Å². The van der Waals surface area contributed by atoms with E-state index in [4.69, 9.17) is 14.2 Å². The lowest BCUT2D eigenvalue weighted by Gasteiger charge is -2.46. The molecule has 1 aliphatic carbocycles. The van der Waals surface area contributed by atoms with Gasteiger partial charge in [0.1, 0.15) is 5.75 Å². The normalized spacial score (nSPS) is 22.0. The van der Waals surface area contributed by atoms with Gasteiger partial charge < -0.3 is 14.2 Å². The lowest BCUT2D eigenvalue weighted by atomic mass is 9.67. The van der Waals surface area contributed by atoms with E-state index in [2.05, 4.69) is 51.1 Å². The standard InChI is InChI=1S/C38H52F3NO4/c1-8-45-34(43)30-12-10-29(11-13-30)33-18-9-28(23-27(33)2)24-42(26-35(3,4)38(39,40)41)21-19-37(20-22-46-36(5,6)25-37)31-14-16-32(44-7)17-15-31/h9-10,14-18,23,30H,8,11-13,19-22,24-26H2,1-7H3/t30?,37-/m1/s1. The molecule has 2 atom stereocenters. The molecule has 0 aromatic heterocycles. The van der Waals surface area contributed by atoms with Crippen LogP contribution in [0.5, 0.6) is 5.75 Å². The van der Waals surface area contributed by atoms with Crippen molar-refractivity contribution in [1.29, 1.82) is 0 Å². The molecule has 254 valence electrons. The third-order valence-corrected chi connectivity index (χ3v) is 9.91. The Kier molecular flexibility index (Phi) is 11.4. The van der Waals surface area contributed by atoms with E-state index in [0.29, 0.717) is 39.1 Å². The first-order valence-electron chi connectivity index (χ1n) is 16.6. The number of esters is 1. The lowest BCUT2D eigenvalue weighted by molar-refractivity contribution is -0.217. The van der Waals surface area contributed by atoms with Crippen LogP contribution in [0.2, 0.25) is 0 Å². The van der Waals surface area contributed by atoms with Gasteiger partial charge in [-0.05, 0) is 127 Å². The fourth-order valence-corrected chi connectivity index (χ4v) is 7.26. The first-order valence-corrected chi connectivity index (χ1v) is 16.6. The number of aryl methyl sites for hydroxylation is 1. The molecule has 2 aromatic carbocycles. The first-order chi connectivity index (χ1) is 21.6. The van der Waals surface area contributed by atoms with Crippen molar-refractivity contribution in [2.45, 2.75) is 104 Å². The smallest absolute Gasteiger partial charge is 0.395 e. The van der Waals surface area contributed by atoms with Crippen molar-refractivity contribution in [3.63, 3.8) is 0 Å². The number of carbonyl (C=O) groups is 1. The number of carbonyl (C=O) groups excluding carboxylic acids is 1. The number of allylic oxidation sites excluding steroid dienone is 2.